The van der Waals surface area contributed by atoms with Crippen LogP contribution in [-0.4, -0.2) is 40.0 Å². The number of Topliss-reactive ketones (excluding diaryl/α,β-unsaturated/α-hetero) is 1. The Morgan fingerprint density at radius 3 is 2.38 bits per heavy atom. The Hall–Kier alpha value is -1.43. The molecule has 0 aromatic carbocycles. The molecule has 1 aliphatic heterocycles. The molecular formula is C23H41NO5. The lowest BCUT2D eigenvalue weighted by atomic mass is 9.83. The first-order valence-electron chi connectivity index (χ1n) is 11.0. The van der Waals surface area contributed by atoms with Gasteiger partial charge in [0.2, 0.25) is 5.91 Å². The summed E-state index contributed by atoms with van der Waals surface area (Å²) in [6, 6.07) is -0.562. The molecule has 6 nitrogen and oxygen atoms in total. The normalized spacial score (nSPS) is 33.5. The maximum Gasteiger partial charge on any atom is 0.308 e. The molecule has 0 aromatic rings. The van der Waals surface area contributed by atoms with Gasteiger partial charge in [-0.05, 0) is 65.7 Å². The Balaban J connectivity index is 2.96. The van der Waals surface area contributed by atoms with Crippen molar-refractivity contribution in [1.29, 1.82) is 0 Å². The van der Waals surface area contributed by atoms with E-state index in [9.17, 15) is 19.5 Å². The van der Waals surface area contributed by atoms with Gasteiger partial charge in [-0.25, -0.2) is 0 Å². The molecule has 1 saturated heterocycles. The molecule has 1 rings (SSSR count). The summed E-state index contributed by atoms with van der Waals surface area (Å²) in [7, 11) is 0. The molecule has 0 aromatic heterocycles. The molecule has 1 aliphatic rings. The minimum Gasteiger partial charge on any atom is -0.460 e. The fourth-order valence-corrected chi connectivity index (χ4v) is 3.66. The molecule has 1 fully saturated rings. The van der Waals surface area contributed by atoms with Crippen molar-refractivity contribution in [2.45, 2.75) is 111 Å². The molecule has 29 heavy (non-hydrogen) atoms. The van der Waals surface area contributed by atoms with Gasteiger partial charge in [0, 0.05) is 24.3 Å². The van der Waals surface area contributed by atoms with Crippen LogP contribution in [0.3, 0.4) is 0 Å². The predicted octanol–water partition coefficient (Wildman–Crippen LogP) is 3.79. The van der Waals surface area contributed by atoms with Crippen LogP contribution < -0.4 is 5.32 Å². The summed E-state index contributed by atoms with van der Waals surface area (Å²) in [6.07, 6.45) is 3.56. The van der Waals surface area contributed by atoms with Gasteiger partial charge in [0.05, 0.1) is 12.0 Å². The van der Waals surface area contributed by atoms with Gasteiger partial charge in [-0.15, -0.1) is 0 Å². The molecule has 0 spiro atoms. The van der Waals surface area contributed by atoms with Crippen LogP contribution in [0.2, 0.25) is 0 Å². The van der Waals surface area contributed by atoms with Gasteiger partial charge in [0.25, 0.3) is 0 Å². The predicted molar refractivity (Wildman–Crippen MR) is 113 cm³/mol. The highest BCUT2D eigenvalue weighted by atomic mass is 16.6. The van der Waals surface area contributed by atoms with Crippen molar-refractivity contribution < 1.29 is 24.2 Å². The average Bonchev–Trinajstić information content (AvgIpc) is 2.56. The maximum atomic E-state index is 12.8. The van der Waals surface area contributed by atoms with Crippen LogP contribution in [0.5, 0.6) is 0 Å². The van der Waals surface area contributed by atoms with E-state index in [4.69, 9.17) is 4.74 Å². The number of amides is 1. The molecule has 0 radical (unpaired) electrons. The summed E-state index contributed by atoms with van der Waals surface area (Å²) in [4.78, 5) is 37.8. The Labute approximate surface area is 176 Å². The van der Waals surface area contributed by atoms with Gasteiger partial charge in [-0.2, -0.15) is 0 Å². The minimum atomic E-state index is -0.781. The summed E-state index contributed by atoms with van der Waals surface area (Å²) in [6.45, 7) is 13.0. The van der Waals surface area contributed by atoms with E-state index in [1.165, 1.54) is 0 Å². The van der Waals surface area contributed by atoms with E-state index in [1.807, 2.05) is 27.7 Å². The first kappa shape index (κ1) is 25.6. The van der Waals surface area contributed by atoms with Crippen LogP contribution in [0, 0.1) is 17.8 Å². The molecule has 0 bridgehead atoms. The van der Waals surface area contributed by atoms with E-state index in [2.05, 4.69) is 5.32 Å². The lowest BCUT2D eigenvalue weighted by Crippen LogP contribution is -2.43. The number of ether oxygens (including phenoxy) is 1. The van der Waals surface area contributed by atoms with Crippen LogP contribution in [0.15, 0.2) is 0 Å². The summed E-state index contributed by atoms with van der Waals surface area (Å²) >= 11 is 0. The van der Waals surface area contributed by atoms with E-state index in [1.54, 1.807) is 20.8 Å². The van der Waals surface area contributed by atoms with Crippen molar-refractivity contribution in [3.8, 4) is 0 Å². The second kappa shape index (κ2) is 10.6. The highest BCUT2D eigenvalue weighted by Gasteiger charge is 2.30. The van der Waals surface area contributed by atoms with Gasteiger partial charge in [0.1, 0.15) is 11.4 Å². The van der Waals surface area contributed by atoms with Crippen LogP contribution in [0.25, 0.3) is 0 Å². The number of hydrogen-bond acceptors (Lipinski definition) is 5. The SMILES string of the molecule is CC1CCC[C@@](C)(O)CC[C@H](C)[C@@H](C)C(=O)N[C@@H](CC(=O)OC(C)(C)C)CC1=O. The number of aliphatic hydroxyl groups is 1. The number of carbonyl (C=O) groups is 3. The molecule has 6 heteroatoms. The van der Waals surface area contributed by atoms with Crippen LogP contribution in [-0.2, 0) is 19.1 Å². The highest BCUT2D eigenvalue weighted by Crippen LogP contribution is 2.27. The van der Waals surface area contributed by atoms with E-state index in [0.29, 0.717) is 19.3 Å². The van der Waals surface area contributed by atoms with Crippen LogP contribution in [0.4, 0.5) is 0 Å². The Bertz CT molecular complexity index is 578. The monoisotopic (exact) mass is 411 g/mol. The third-order valence-electron chi connectivity index (χ3n) is 5.93. The zero-order valence-electron chi connectivity index (χ0n) is 19.3. The van der Waals surface area contributed by atoms with Gasteiger partial charge in [-0.1, -0.05) is 20.8 Å². The first-order chi connectivity index (χ1) is 13.2. The second-order valence-corrected chi connectivity index (χ2v) is 10.3. The third-order valence-corrected chi connectivity index (χ3v) is 5.93. The van der Waals surface area contributed by atoms with Gasteiger partial charge in [-0.3, -0.25) is 14.4 Å². The maximum absolute atomic E-state index is 12.8. The van der Waals surface area contributed by atoms with Gasteiger partial charge >= 0.3 is 5.97 Å². The van der Waals surface area contributed by atoms with E-state index >= 15 is 0 Å². The Morgan fingerprint density at radius 2 is 1.79 bits per heavy atom. The number of nitrogens with one attached hydrogen (secondary N) is 1. The lowest BCUT2D eigenvalue weighted by molar-refractivity contribution is -0.155. The second-order valence-electron chi connectivity index (χ2n) is 10.3. The van der Waals surface area contributed by atoms with Crippen molar-refractivity contribution >= 4 is 17.7 Å². The summed E-state index contributed by atoms with van der Waals surface area (Å²) in [5.74, 6) is -0.924. The molecule has 2 N–H and O–H groups in total. The molecule has 0 aliphatic carbocycles. The Kier molecular flexibility index (Phi) is 9.32. The van der Waals surface area contributed by atoms with Crippen molar-refractivity contribution in [3.05, 3.63) is 0 Å². The fraction of sp³-hybridized carbons (Fsp3) is 0.870. The van der Waals surface area contributed by atoms with Crippen molar-refractivity contribution in [3.63, 3.8) is 0 Å². The molecule has 0 saturated carbocycles. The van der Waals surface area contributed by atoms with E-state index in [0.717, 1.165) is 12.8 Å². The highest BCUT2D eigenvalue weighted by molar-refractivity contribution is 5.84. The van der Waals surface area contributed by atoms with Gasteiger partial charge in [0.15, 0.2) is 0 Å². The summed E-state index contributed by atoms with van der Waals surface area (Å²) in [5.41, 5.74) is -1.39. The molecule has 1 amide bonds. The number of hydrogen-bond donors (Lipinski definition) is 2. The topological polar surface area (TPSA) is 92.7 Å². The molecule has 168 valence electrons. The minimum absolute atomic E-state index is 0.0166. The van der Waals surface area contributed by atoms with Crippen LogP contribution in [0.1, 0.15) is 93.4 Å². The summed E-state index contributed by atoms with van der Waals surface area (Å²) in [5, 5.41) is 13.5. The number of ketones is 1. The summed E-state index contributed by atoms with van der Waals surface area (Å²) < 4.78 is 5.39. The fourth-order valence-electron chi connectivity index (χ4n) is 3.66. The molecule has 1 unspecified atom stereocenters. The smallest absolute Gasteiger partial charge is 0.308 e. The zero-order chi connectivity index (χ0) is 22.4. The number of carbonyl (C=O) groups excluding carboxylic acids is 3. The average molecular weight is 412 g/mol. The number of esters is 1. The van der Waals surface area contributed by atoms with Crippen molar-refractivity contribution in [1.82, 2.24) is 5.32 Å². The van der Waals surface area contributed by atoms with Crippen molar-refractivity contribution in [2.75, 3.05) is 0 Å². The lowest BCUT2D eigenvalue weighted by Gasteiger charge is -2.29. The van der Waals surface area contributed by atoms with Crippen molar-refractivity contribution in [2.24, 2.45) is 17.8 Å². The van der Waals surface area contributed by atoms with Crippen LogP contribution >= 0.6 is 0 Å². The first-order valence-corrected chi connectivity index (χ1v) is 11.0. The Morgan fingerprint density at radius 1 is 1.17 bits per heavy atom. The molecule has 5 atom stereocenters. The quantitative estimate of drug-likeness (QED) is 0.675. The van der Waals surface area contributed by atoms with Gasteiger partial charge < -0.3 is 15.2 Å². The van der Waals surface area contributed by atoms with E-state index in [-0.39, 0.29) is 42.3 Å². The largest absolute Gasteiger partial charge is 0.460 e. The molecule has 1 heterocycles. The standard InChI is InChI=1S/C23H41NO5/c1-15-10-12-23(7,28)11-8-9-16(2)19(25)13-18(24-21(27)17(15)3)14-20(26)29-22(4,5)6/h15-18,28H,8-14H2,1-7H3,(H,24,27)/t15-,16?,17+,18+,23+/m0/s1. The number of rotatable bonds is 2. The van der Waals surface area contributed by atoms with E-state index < -0.39 is 23.2 Å². The molecular weight excluding hydrogens is 370 g/mol. The zero-order valence-corrected chi connectivity index (χ0v) is 19.3. The third kappa shape index (κ3) is 9.75.